The summed E-state index contributed by atoms with van der Waals surface area (Å²) in [4.78, 5) is 0. The van der Waals surface area contributed by atoms with Crippen LogP contribution in [0.15, 0.2) is 24.1 Å². The van der Waals surface area contributed by atoms with E-state index in [2.05, 4.69) is 10.9 Å². The van der Waals surface area contributed by atoms with E-state index in [1.807, 2.05) is 12.3 Å². The van der Waals surface area contributed by atoms with Crippen molar-refractivity contribution in [2.24, 2.45) is 0 Å². The molecule has 10 heavy (non-hydrogen) atoms. The third-order valence-electron chi connectivity index (χ3n) is 1.75. The molecule has 2 heterocycles. The summed E-state index contributed by atoms with van der Waals surface area (Å²) < 4.78 is 5.31. The van der Waals surface area contributed by atoms with E-state index in [4.69, 9.17) is 4.74 Å². The van der Waals surface area contributed by atoms with E-state index in [-0.39, 0.29) is 6.10 Å². The van der Waals surface area contributed by atoms with Gasteiger partial charge in [0.2, 0.25) is 0 Å². The minimum absolute atomic E-state index is 0.280. The average molecular weight is 138 g/mol. The van der Waals surface area contributed by atoms with Crippen LogP contribution in [0.1, 0.15) is 6.42 Å². The zero-order valence-corrected chi connectivity index (χ0v) is 5.63. The smallest absolute Gasteiger partial charge is 0.125 e. The van der Waals surface area contributed by atoms with Crippen molar-refractivity contribution in [2.75, 3.05) is 6.54 Å². The maximum atomic E-state index is 5.31. The minimum Gasteiger partial charge on any atom is -0.494 e. The molecule has 0 spiro atoms. The second-order valence-corrected chi connectivity index (χ2v) is 2.45. The molecule has 3 heteroatoms. The fourth-order valence-corrected chi connectivity index (χ4v) is 1.18. The highest BCUT2D eigenvalue weighted by atomic mass is 16.5. The van der Waals surface area contributed by atoms with Crippen molar-refractivity contribution in [3.05, 3.63) is 24.1 Å². The highest BCUT2D eigenvalue weighted by Gasteiger charge is 2.18. The van der Waals surface area contributed by atoms with Gasteiger partial charge in [0.05, 0.1) is 6.26 Å². The SMILES string of the molecule is C1=COC(C2=CNNC2)C1. The van der Waals surface area contributed by atoms with E-state index in [0.29, 0.717) is 0 Å². The monoisotopic (exact) mass is 138 g/mol. The van der Waals surface area contributed by atoms with Gasteiger partial charge in [-0.05, 0) is 6.08 Å². The van der Waals surface area contributed by atoms with Crippen LogP contribution in [-0.2, 0) is 4.74 Å². The Hall–Kier alpha value is -0.960. The Labute approximate surface area is 59.7 Å². The molecule has 54 valence electrons. The Morgan fingerprint density at radius 3 is 3.20 bits per heavy atom. The third-order valence-corrected chi connectivity index (χ3v) is 1.75. The second-order valence-electron chi connectivity index (χ2n) is 2.45. The standard InChI is InChI=1S/C7H10N2O/c1-2-7(10-3-1)6-4-8-9-5-6/h1,3-4,7-9H,2,5H2. The van der Waals surface area contributed by atoms with Gasteiger partial charge in [0, 0.05) is 24.7 Å². The van der Waals surface area contributed by atoms with Crippen LogP contribution >= 0.6 is 0 Å². The van der Waals surface area contributed by atoms with Gasteiger partial charge in [0.1, 0.15) is 6.10 Å². The molecule has 0 aromatic rings. The predicted octanol–water partition coefficient (Wildman–Crippen LogP) is 0.281. The topological polar surface area (TPSA) is 33.3 Å². The van der Waals surface area contributed by atoms with Gasteiger partial charge in [-0.25, -0.2) is 5.43 Å². The Bertz CT molecular complexity index is 178. The van der Waals surface area contributed by atoms with Crippen LogP contribution in [0.2, 0.25) is 0 Å². The fraction of sp³-hybridized carbons (Fsp3) is 0.429. The van der Waals surface area contributed by atoms with Gasteiger partial charge in [-0.2, -0.15) is 0 Å². The molecule has 0 radical (unpaired) electrons. The van der Waals surface area contributed by atoms with Gasteiger partial charge in [-0.3, -0.25) is 0 Å². The summed E-state index contributed by atoms with van der Waals surface area (Å²) in [7, 11) is 0. The van der Waals surface area contributed by atoms with Crippen molar-refractivity contribution in [1.82, 2.24) is 10.9 Å². The molecule has 2 rings (SSSR count). The third kappa shape index (κ3) is 0.885. The quantitative estimate of drug-likeness (QED) is 0.546. The molecule has 0 saturated carbocycles. The van der Waals surface area contributed by atoms with Gasteiger partial charge in [0.25, 0.3) is 0 Å². The Morgan fingerprint density at radius 1 is 1.60 bits per heavy atom. The van der Waals surface area contributed by atoms with Crippen LogP contribution in [-0.4, -0.2) is 12.6 Å². The number of hydrogen-bond donors (Lipinski definition) is 2. The summed E-state index contributed by atoms with van der Waals surface area (Å²) in [5, 5.41) is 0. The predicted molar refractivity (Wildman–Crippen MR) is 37.9 cm³/mol. The van der Waals surface area contributed by atoms with Crippen LogP contribution < -0.4 is 10.9 Å². The van der Waals surface area contributed by atoms with Crippen LogP contribution in [0.25, 0.3) is 0 Å². The molecular weight excluding hydrogens is 128 g/mol. The average Bonchev–Trinajstić information content (AvgIpc) is 2.59. The first-order valence-electron chi connectivity index (χ1n) is 3.44. The molecule has 2 N–H and O–H groups in total. The molecule has 2 aliphatic heterocycles. The fourth-order valence-electron chi connectivity index (χ4n) is 1.18. The summed E-state index contributed by atoms with van der Waals surface area (Å²) in [6.07, 6.45) is 7.07. The van der Waals surface area contributed by atoms with Crippen LogP contribution in [0, 0.1) is 0 Å². The molecule has 1 unspecified atom stereocenters. The second kappa shape index (κ2) is 2.34. The maximum Gasteiger partial charge on any atom is 0.125 e. The van der Waals surface area contributed by atoms with E-state index in [0.717, 1.165) is 13.0 Å². The summed E-state index contributed by atoms with van der Waals surface area (Å²) in [5.41, 5.74) is 7.22. The lowest BCUT2D eigenvalue weighted by Crippen LogP contribution is -2.22. The van der Waals surface area contributed by atoms with Crippen molar-refractivity contribution in [3.63, 3.8) is 0 Å². The zero-order valence-electron chi connectivity index (χ0n) is 5.63. The Morgan fingerprint density at radius 2 is 2.60 bits per heavy atom. The molecule has 0 fully saturated rings. The molecule has 0 saturated heterocycles. The molecule has 0 bridgehead atoms. The number of nitrogens with one attached hydrogen (secondary N) is 2. The first-order valence-corrected chi connectivity index (χ1v) is 3.44. The van der Waals surface area contributed by atoms with E-state index < -0.39 is 0 Å². The van der Waals surface area contributed by atoms with Gasteiger partial charge in [-0.1, -0.05) is 0 Å². The number of ether oxygens (including phenoxy) is 1. The van der Waals surface area contributed by atoms with Gasteiger partial charge >= 0.3 is 0 Å². The largest absolute Gasteiger partial charge is 0.494 e. The van der Waals surface area contributed by atoms with E-state index in [1.54, 1.807) is 6.26 Å². The molecule has 3 nitrogen and oxygen atoms in total. The van der Waals surface area contributed by atoms with E-state index >= 15 is 0 Å². The number of rotatable bonds is 1. The van der Waals surface area contributed by atoms with Crippen molar-refractivity contribution >= 4 is 0 Å². The number of hydrazine groups is 1. The van der Waals surface area contributed by atoms with Gasteiger partial charge in [-0.15, -0.1) is 0 Å². The van der Waals surface area contributed by atoms with E-state index in [1.165, 1.54) is 5.57 Å². The lowest BCUT2D eigenvalue weighted by atomic mass is 10.1. The molecule has 0 amide bonds. The van der Waals surface area contributed by atoms with Crippen molar-refractivity contribution in [2.45, 2.75) is 12.5 Å². The van der Waals surface area contributed by atoms with Crippen molar-refractivity contribution in [3.8, 4) is 0 Å². The summed E-state index contributed by atoms with van der Waals surface area (Å²) in [6, 6.07) is 0. The number of hydrogen-bond acceptors (Lipinski definition) is 3. The normalized spacial score (nSPS) is 29.6. The van der Waals surface area contributed by atoms with Crippen molar-refractivity contribution < 1.29 is 4.74 Å². The van der Waals surface area contributed by atoms with Crippen LogP contribution in [0.5, 0.6) is 0 Å². The molecule has 0 aromatic heterocycles. The lowest BCUT2D eigenvalue weighted by molar-refractivity contribution is 0.202. The first-order chi connectivity index (χ1) is 4.97. The highest BCUT2D eigenvalue weighted by Crippen LogP contribution is 2.17. The Balaban J connectivity index is 1.99. The molecule has 1 atom stereocenters. The minimum atomic E-state index is 0.280. The first kappa shape index (κ1) is 5.80. The van der Waals surface area contributed by atoms with Gasteiger partial charge < -0.3 is 10.2 Å². The van der Waals surface area contributed by atoms with Crippen LogP contribution in [0.4, 0.5) is 0 Å². The maximum absolute atomic E-state index is 5.31. The molecule has 0 aliphatic carbocycles. The van der Waals surface area contributed by atoms with Gasteiger partial charge in [0.15, 0.2) is 0 Å². The summed E-state index contributed by atoms with van der Waals surface area (Å²) >= 11 is 0. The Kier molecular flexibility index (Phi) is 1.36. The molecule has 0 aromatic carbocycles. The summed E-state index contributed by atoms with van der Waals surface area (Å²) in [6.45, 7) is 0.895. The highest BCUT2D eigenvalue weighted by molar-refractivity contribution is 5.16. The lowest BCUT2D eigenvalue weighted by Gasteiger charge is -2.08. The van der Waals surface area contributed by atoms with Crippen LogP contribution in [0.3, 0.4) is 0 Å². The molecular formula is C7H10N2O. The zero-order chi connectivity index (χ0) is 6.81. The van der Waals surface area contributed by atoms with E-state index in [9.17, 15) is 0 Å². The summed E-state index contributed by atoms with van der Waals surface area (Å²) in [5.74, 6) is 0. The molecule has 2 aliphatic rings. The van der Waals surface area contributed by atoms with Crippen molar-refractivity contribution in [1.29, 1.82) is 0 Å².